The zero-order valence-corrected chi connectivity index (χ0v) is 15.8. The minimum atomic E-state index is -0.597. The number of hydrogen-bond donors (Lipinski definition) is 3. The second-order valence-corrected chi connectivity index (χ2v) is 6.48. The fraction of sp³-hybridized carbons (Fsp3) is 0. The zero-order chi connectivity index (χ0) is 20.9. The van der Waals surface area contributed by atoms with Crippen LogP contribution >= 0.6 is 0 Å². The van der Waals surface area contributed by atoms with Crippen molar-refractivity contribution in [3.05, 3.63) is 96.2 Å². The van der Waals surface area contributed by atoms with Crippen LogP contribution in [0.4, 0.5) is 0 Å². The van der Waals surface area contributed by atoms with E-state index in [2.05, 4.69) is 15.6 Å². The molecule has 0 spiro atoms. The van der Waals surface area contributed by atoms with Crippen molar-refractivity contribution in [2.75, 3.05) is 0 Å². The third-order valence-electron chi connectivity index (χ3n) is 4.41. The van der Waals surface area contributed by atoms with Crippen molar-refractivity contribution < 1.29 is 15.0 Å². The van der Waals surface area contributed by atoms with Crippen LogP contribution in [0, 0.1) is 0 Å². The number of rotatable bonds is 5. The van der Waals surface area contributed by atoms with Crippen molar-refractivity contribution in [3.8, 4) is 28.4 Å². The summed E-state index contributed by atoms with van der Waals surface area (Å²) in [6.07, 6.45) is 3.33. The number of phenols is 2. The fourth-order valence-electron chi connectivity index (χ4n) is 2.95. The van der Waals surface area contributed by atoms with Gasteiger partial charge in [0.2, 0.25) is 0 Å². The smallest absolute Gasteiger partial charge is 0.275 e. The lowest BCUT2D eigenvalue weighted by atomic mass is 10.1. The highest BCUT2D eigenvalue weighted by Crippen LogP contribution is 2.23. The molecule has 0 atom stereocenters. The lowest BCUT2D eigenvalue weighted by Gasteiger charge is -2.03. The van der Waals surface area contributed by atoms with E-state index in [0.717, 1.165) is 17.3 Å². The van der Waals surface area contributed by atoms with E-state index in [1.807, 2.05) is 66.9 Å². The van der Waals surface area contributed by atoms with Gasteiger partial charge in [-0.25, -0.2) is 10.1 Å². The Bertz CT molecular complexity index is 1200. The summed E-state index contributed by atoms with van der Waals surface area (Å²) < 4.78 is 1.75. The van der Waals surface area contributed by atoms with E-state index in [0.29, 0.717) is 11.3 Å². The van der Waals surface area contributed by atoms with E-state index in [1.54, 1.807) is 4.68 Å². The molecule has 0 bridgehead atoms. The molecule has 148 valence electrons. The first-order valence-electron chi connectivity index (χ1n) is 9.18. The summed E-state index contributed by atoms with van der Waals surface area (Å²) >= 11 is 0. The number of nitrogens with one attached hydrogen (secondary N) is 1. The van der Waals surface area contributed by atoms with Gasteiger partial charge in [-0.1, -0.05) is 48.5 Å². The van der Waals surface area contributed by atoms with Gasteiger partial charge < -0.3 is 10.2 Å². The van der Waals surface area contributed by atoms with Crippen LogP contribution < -0.4 is 5.43 Å². The van der Waals surface area contributed by atoms with Crippen LogP contribution in [0.5, 0.6) is 11.5 Å². The van der Waals surface area contributed by atoms with E-state index in [-0.39, 0.29) is 17.1 Å². The molecule has 0 saturated carbocycles. The Morgan fingerprint density at radius 2 is 1.67 bits per heavy atom. The van der Waals surface area contributed by atoms with E-state index in [9.17, 15) is 15.0 Å². The molecule has 1 amide bonds. The normalized spacial score (nSPS) is 10.9. The van der Waals surface area contributed by atoms with E-state index < -0.39 is 5.91 Å². The number of amides is 1. The van der Waals surface area contributed by atoms with E-state index >= 15 is 0 Å². The van der Waals surface area contributed by atoms with E-state index in [4.69, 9.17) is 0 Å². The summed E-state index contributed by atoms with van der Waals surface area (Å²) in [6.45, 7) is 0. The van der Waals surface area contributed by atoms with Crippen molar-refractivity contribution in [1.82, 2.24) is 15.2 Å². The molecule has 1 heterocycles. The van der Waals surface area contributed by atoms with Crippen LogP contribution in [-0.4, -0.2) is 32.1 Å². The van der Waals surface area contributed by atoms with Gasteiger partial charge in [-0.3, -0.25) is 4.79 Å². The van der Waals surface area contributed by atoms with Gasteiger partial charge in [0.25, 0.3) is 5.91 Å². The molecule has 0 aliphatic carbocycles. The number of carbonyl (C=O) groups is 1. The third kappa shape index (κ3) is 4.05. The van der Waals surface area contributed by atoms with Crippen molar-refractivity contribution in [2.45, 2.75) is 0 Å². The molecule has 1 aromatic heterocycles. The molecule has 0 aliphatic rings. The summed E-state index contributed by atoms with van der Waals surface area (Å²) in [5, 5.41) is 27.9. The second kappa shape index (κ2) is 8.32. The topological polar surface area (TPSA) is 99.7 Å². The minimum absolute atomic E-state index is 0.00761. The molecule has 0 unspecified atom stereocenters. The molecule has 4 rings (SSSR count). The number of hydrogen-bond acceptors (Lipinski definition) is 5. The Balaban J connectivity index is 1.62. The SMILES string of the molecule is O=C(N/N=C/c1cn(-c2ccccc2)nc1-c1ccccc1)c1ccc(O)cc1O. The van der Waals surface area contributed by atoms with Crippen molar-refractivity contribution in [1.29, 1.82) is 0 Å². The maximum Gasteiger partial charge on any atom is 0.275 e. The summed E-state index contributed by atoms with van der Waals surface area (Å²) in [6, 6.07) is 23.1. The largest absolute Gasteiger partial charge is 0.508 e. The molecule has 0 aliphatic heterocycles. The molecular weight excluding hydrogens is 380 g/mol. The number of nitrogens with zero attached hydrogens (tertiary/aromatic N) is 3. The van der Waals surface area contributed by atoms with Crippen LogP contribution in [0.1, 0.15) is 15.9 Å². The highest BCUT2D eigenvalue weighted by molar-refractivity contribution is 5.98. The minimum Gasteiger partial charge on any atom is -0.508 e. The van der Waals surface area contributed by atoms with Crippen LogP contribution in [0.3, 0.4) is 0 Å². The van der Waals surface area contributed by atoms with Gasteiger partial charge in [0.05, 0.1) is 17.5 Å². The molecule has 7 heteroatoms. The number of benzene rings is 3. The molecule has 3 N–H and O–H groups in total. The highest BCUT2D eigenvalue weighted by Gasteiger charge is 2.13. The molecule has 0 saturated heterocycles. The Kier molecular flexibility index (Phi) is 5.25. The Morgan fingerprint density at radius 3 is 2.37 bits per heavy atom. The number of aromatic nitrogens is 2. The summed E-state index contributed by atoms with van der Waals surface area (Å²) in [7, 11) is 0. The van der Waals surface area contributed by atoms with Crippen LogP contribution in [0.25, 0.3) is 16.9 Å². The van der Waals surface area contributed by atoms with Crippen molar-refractivity contribution in [2.24, 2.45) is 5.10 Å². The standard InChI is InChI=1S/C23H18N4O3/c28-19-11-12-20(21(29)13-19)23(30)25-24-14-17-15-27(18-9-5-2-6-10-18)26-22(17)16-7-3-1-4-8-16/h1-15,28-29H,(H,25,30)/b24-14+. The van der Waals surface area contributed by atoms with Crippen LogP contribution in [0.15, 0.2) is 90.2 Å². The maximum atomic E-state index is 12.3. The quantitative estimate of drug-likeness (QED) is 0.352. The number of para-hydroxylation sites is 1. The molecule has 0 fully saturated rings. The Labute approximate surface area is 172 Å². The average molecular weight is 398 g/mol. The number of phenolic OH excluding ortho intramolecular Hbond substituents is 2. The molecule has 0 radical (unpaired) electrons. The number of hydrazone groups is 1. The fourth-order valence-corrected chi connectivity index (χ4v) is 2.95. The van der Waals surface area contributed by atoms with Gasteiger partial charge >= 0.3 is 0 Å². The van der Waals surface area contributed by atoms with Gasteiger partial charge in [-0.2, -0.15) is 10.2 Å². The second-order valence-electron chi connectivity index (χ2n) is 6.48. The first kappa shape index (κ1) is 18.9. The van der Waals surface area contributed by atoms with Crippen molar-refractivity contribution >= 4 is 12.1 Å². The lowest BCUT2D eigenvalue weighted by Crippen LogP contribution is -2.17. The first-order chi connectivity index (χ1) is 14.6. The van der Waals surface area contributed by atoms with E-state index in [1.165, 1.54) is 18.3 Å². The van der Waals surface area contributed by atoms with Gasteiger partial charge in [-0.15, -0.1) is 0 Å². The molecule has 7 nitrogen and oxygen atoms in total. The van der Waals surface area contributed by atoms with Crippen LogP contribution in [-0.2, 0) is 0 Å². The molecule has 30 heavy (non-hydrogen) atoms. The summed E-state index contributed by atoms with van der Waals surface area (Å²) in [5.74, 6) is -1.06. The lowest BCUT2D eigenvalue weighted by molar-refractivity contribution is 0.0952. The molecular formula is C23H18N4O3. The summed E-state index contributed by atoms with van der Waals surface area (Å²) in [4.78, 5) is 12.3. The van der Waals surface area contributed by atoms with Gasteiger partial charge in [0.1, 0.15) is 17.2 Å². The molecule has 4 aromatic rings. The Morgan fingerprint density at radius 1 is 0.967 bits per heavy atom. The number of carbonyl (C=O) groups excluding carboxylic acids is 1. The average Bonchev–Trinajstić information content (AvgIpc) is 3.19. The van der Waals surface area contributed by atoms with Crippen LogP contribution in [0.2, 0.25) is 0 Å². The Hall–Kier alpha value is -4.39. The maximum absolute atomic E-state index is 12.3. The third-order valence-corrected chi connectivity index (χ3v) is 4.41. The zero-order valence-electron chi connectivity index (χ0n) is 15.8. The molecule has 3 aromatic carbocycles. The summed E-state index contributed by atoms with van der Waals surface area (Å²) in [5.41, 5.74) is 5.63. The van der Waals surface area contributed by atoms with Gasteiger partial charge in [0.15, 0.2) is 0 Å². The number of aromatic hydroxyl groups is 2. The van der Waals surface area contributed by atoms with Gasteiger partial charge in [-0.05, 0) is 24.3 Å². The predicted octanol–water partition coefficient (Wildman–Crippen LogP) is 3.71. The predicted molar refractivity (Wildman–Crippen MR) is 114 cm³/mol. The van der Waals surface area contributed by atoms with Crippen molar-refractivity contribution in [3.63, 3.8) is 0 Å². The first-order valence-corrected chi connectivity index (χ1v) is 9.18. The highest BCUT2D eigenvalue weighted by atomic mass is 16.3. The monoisotopic (exact) mass is 398 g/mol. The van der Waals surface area contributed by atoms with Gasteiger partial charge in [0, 0.05) is 23.4 Å².